The van der Waals surface area contributed by atoms with Crippen molar-refractivity contribution in [3.05, 3.63) is 45.5 Å². The molecule has 1 aromatic heterocycles. The van der Waals surface area contributed by atoms with Crippen LogP contribution in [-0.2, 0) is 12.7 Å². The van der Waals surface area contributed by atoms with Crippen LogP contribution in [0.25, 0.3) is 10.9 Å². The normalized spacial score (nSPS) is 18.3. The number of hydrogen-bond acceptors (Lipinski definition) is 3. The average Bonchev–Trinajstić information content (AvgIpc) is 2.48. The van der Waals surface area contributed by atoms with Crippen molar-refractivity contribution in [2.24, 2.45) is 0 Å². The summed E-state index contributed by atoms with van der Waals surface area (Å²) in [6, 6.07) is 4.30. The van der Waals surface area contributed by atoms with Gasteiger partial charge in [0.05, 0.1) is 5.52 Å². The lowest BCUT2D eigenvalue weighted by atomic mass is 10.1. The zero-order chi connectivity index (χ0) is 17.5. The van der Waals surface area contributed by atoms with E-state index in [1.807, 2.05) is 0 Å². The third-order valence-corrected chi connectivity index (χ3v) is 3.85. The number of nitrogens with zero attached hydrogens (tertiary/aromatic N) is 1. The third-order valence-electron chi connectivity index (χ3n) is 3.85. The number of fused-ring (bicyclic) bond motifs is 1. The maximum atomic E-state index is 14.1. The summed E-state index contributed by atoms with van der Waals surface area (Å²) in [6.45, 7) is 3.12. The highest BCUT2D eigenvalue weighted by Gasteiger charge is 2.38. The third kappa shape index (κ3) is 3.23. The number of pyridine rings is 1. The Morgan fingerprint density at radius 3 is 2.61 bits per heavy atom. The topological polar surface area (TPSA) is 48.1 Å². The highest BCUT2D eigenvalue weighted by molar-refractivity contribution is 5.80. The van der Waals surface area contributed by atoms with E-state index in [2.05, 4.69) is 9.88 Å². The molecule has 23 heavy (non-hydrogen) atoms. The van der Waals surface area contributed by atoms with Gasteiger partial charge in [-0.3, -0.25) is 9.69 Å². The molecule has 124 valence electrons. The van der Waals surface area contributed by atoms with Gasteiger partial charge in [-0.2, -0.15) is 13.2 Å². The summed E-state index contributed by atoms with van der Waals surface area (Å²) in [6.07, 6.45) is -5.04. The van der Waals surface area contributed by atoms with Gasteiger partial charge in [-0.25, -0.2) is 4.39 Å². The maximum Gasteiger partial charge on any atom is 0.424 e. The second kappa shape index (κ2) is 5.93. The predicted molar refractivity (Wildman–Crippen MR) is 77.7 cm³/mol. The average molecular weight is 330 g/mol. The van der Waals surface area contributed by atoms with Crippen LogP contribution < -0.4 is 10.9 Å². The molecule has 0 bridgehead atoms. The molecule has 1 aromatic carbocycles. The highest BCUT2D eigenvalue weighted by atomic mass is 19.4. The molecule has 4 nitrogen and oxygen atoms in total. The van der Waals surface area contributed by atoms with Crippen molar-refractivity contribution in [3.63, 3.8) is 0 Å². The summed E-state index contributed by atoms with van der Waals surface area (Å²) in [5.41, 5.74) is -2.47. The van der Waals surface area contributed by atoms with Gasteiger partial charge < -0.3 is 10.3 Å². The Hall–Kier alpha value is -1.93. The van der Waals surface area contributed by atoms with Gasteiger partial charge in [0.2, 0.25) is 0 Å². The van der Waals surface area contributed by atoms with Crippen LogP contribution in [-0.4, -0.2) is 36.1 Å². The number of hydrogen-bond donors (Lipinski definition) is 2. The van der Waals surface area contributed by atoms with Gasteiger partial charge in [-0.15, -0.1) is 0 Å². The summed E-state index contributed by atoms with van der Waals surface area (Å²) < 4.78 is 59.9. The van der Waals surface area contributed by atoms with Gasteiger partial charge in [0.1, 0.15) is 7.23 Å². The quantitative estimate of drug-likeness (QED) is 0.829. The van der Waals surface area contributed by atoms with Gasteiger partial charge in [0.25, 0.3) is 5.56 Å². The summed E-state index contributed by atoms with van der Waals surface area (Å²) in [7, 11) is 0. The SMILES string of the molecule is [2H]N1CCN(Cc2ccc3c(F)c(C(F)(F)F)c(=O)[nH]c3c2)CC1. The number of nitrogens with one attached hydrogen (secondary N) is 2. The Bertz CT molecular complexity index is 813. The van der Waals surface area contributed by atoms with E-state index in [1.165, 1.54) is 17.4 Å². The zero-order valence-electron chi connectivity index (χ0n) is 13.1. The molecule has 1 saturated heterocycles. The van der Waals surface area contributed by atoms with Crippen molar-refractivity contribution in [1.29, 1.82) is 0 Å². The van der Waals surface area contributed by atoms with E-state index in [-0.39, 0.29) is 10.9 Å². The molecule has 2 N–H and O–H groups in total. The molecule has 2 aromatic rings. The lowest BCUT2D eigenvalue weighted by Gasteiger charge is -2.27. The van der Waals surface area contributed by atoms with Crippen LogP contribution in [0.1, 0.15) is 11.1 Å². The molecule has 1 aliphatic heterocycles. The van der Waals surface area contributed by atoms with Gasteiger partial charge in [-0.05, 0) is 17.7 Å². The predicted octanol–water partition coefficient (Wildman–Crippen LogP) is 2.09. The zero-order valence-corrected chi connectivity index (χ0v) is 12.1. The van der Waals surface area contributed by atoms with E-state index in [1.54, 1.807) is 6.07 Å². The molecule has 1 aliphatic rings. The van der Waals surface area contributed by atoms with Crippen molar-refractivity contribution in [2.75, 3.05) is 26.2 Å². The molecular weight excluding hydrogens is 314 g/mol. The molecule has 0 amide bonds. The Kier molecular flexibility index (Phi) is 3.78. The van der Waals surface area contributed by atoms with Crippen LogP contribution in [0, 0.1) is 5.82 Å². The van der Waals surface area contributed by atoms with Gasteiger partial charge >= 0.3 is 6.18 Å². The van der Waals surface area contributed by atoms with E-state index in [0.717, 1.165) is 5.56 Å². The fourth-order valence-corrected chi connectivity index (χ4v) is 2.72. The second-order valence-electron chi connectivity index (χ2n) is 5.47. The fraction of sp³-hybridized carbons (Fsp3) is 0.400. The summed E-state index contributed by atoms with van der Waals surface area (Å²) in [4.78, 5) is 15.8. The number of rotatable bonds is 2. The summed E-state index contributed by atoms with van der Waals surface area (Å²) in [5, 5.41) is 1.20. The van der Waals surface area contributed by atoms with E-state index < -0.39 is 23.1 Å². The molecular formula is C15H15F4N3O. The number of piperazine rings is 1. The largest absolute Gasteiger partial charge is 0.424 e. The van der Waals surface area contributed by atoms with Crippen LogP contribution >= 0.6 is 0 Å². The Morgan fingerprint density at radius 2 is 1.96 bits per heavy atom. The molecule has 0 unspecified atom stereocenters. The first-order valence-corrected chi connectivity index (χ1v) is 7.13. The number of halogens is 4. The molecule has 0 spiro atoms. The Morgan fingerprint density at radius 1 is 1.26 bits per heavy atom. The van der Waals surface area contributed by atoms with Crippen molar-refractivity contribution in [1.82, 2.24) is 15.2 Å². The minimum Gasteiger partial charge on any atom is -0.321 e. The molecule has 0 atom stereocenters. The lowest BCUT2D eigenvalue weighted by Crippen LogP contribution is -2.42. The van der Waals surface area contributed by atoms with Gasteiger partial charge in [0, 0.05) is 38.1 Å². The number of aromatic amines is 1. The fourth-order valence-electron chi connectivity index (χ4n) is 2.72. The lowest BCUT2D eigenvalue weighted by molar-refractivity contribution is -0.140. The minimum absolute atomic E-state index is 0.0436. The Labute approximate surface area is 130 Å². The number of H-pyrrole nitrogens is 1. The van der Waals surface area contributed by atoms with Crippen molar-refractivity contribution in [2.45, 2.75) is 12.7 Å². The summed E-state index contributed by atoms with van der Waals surface area (Å²) in [5.74, 6) is -1.55. The molecule has 0 aliphatic carbocycles. The van der Waals surface area contributed by atoms with E-state index >= 15 is 0 Å². The number of benzene rings is 1. The smallest absolute Gasteiger partial charge is 0.321 e. The first-order chi connectivity index (χ1) is 11.3. The number of aromatic nitrogens is 1. The molecule has 1 fully saturated rings. The van der Waals surface area contributed by atoms with Crippen molar-refractivity contribution >= 4 is 10.9 Å². The van der Waals surface area contributed by atoms with Crippen LogP contribution in [0.5, 0.6) is 0 Å². The minimum atomic E-state index is -5.04. The van der Waals surface area contributed by atoms with Crippen LogP contribution in [0.15, 0.2) is 23.0 Å². The molecule has 0 saturated carbocycles. The Balaban J connectivity index is 1.93. The van der Waals surface area contributed by atoms with E-state index in [4.69, 9.17) is 1.41 Å². The molecule has 8 heteroatoms. The second-order valence-corrected chi connectivity index (χ2v) is 5.47. The first-order valence-electron chi connectivity index (χ1n) is 7.58. The standard InChI is InChI=1S/C15H15F4N3O/c16-13-10-2-1-9(8-22-5-3-20-4-6-22)7-11(10)21-14(23)12(13)15(17,18)19/h1-2,7,20H,3-6,8H2,(H,21,23)/i/hD. The maximum absolute atomic E-state index is 14.1. The van der Waals surface area contributed by atoms with Gasteiger partial charge in [0.15, 0.2) is 5.56 Å². The first kappa shape index (κ1) is 14.6. The van der Waals surface area contributed by atoms with Gasteiger partial charge in [-0.1, -0.05) is 6.07 Å². The summed E-state index contributed by atoms with van der Waals surface area (Å²) >= 11 is 0. The van der Waals surface area contributed by atoms with E-state index in [0.29, 0.717) is 32.7 Å². The monoisotopic (exact) mass is 330 g/mol. The molecule has 0 radical (unpaired) electrons. The van der Waals surface area contributed by atoms with E-state index in [9.17, 15) is 22.4 Å². The van der Waals surface area contributed by atoms with Crippen molar-refractivity contribution < 1.29 is 19.0 Å². The molecule has 3 rings (SSSR count). The number of alkyl halides is 3. The highest BCUT2D eigenvalue weighted by Crippen LogP contribution is 2.31. The van der Waals surface area contributed by atoms with Crippen LogP contribution in [0.3, 0.4) is 0 Å². The molecule has 2 heterocycles. The van der Waals surface area contributed by atoms with Crippen LogP contribution in [0.4, 0.5) is 17.6 Å². The van der Waals surface area contributed by atoms with Crippen LogP contribution in [0.2, 0.25) is 1.41 Å². The van der Waals surface area contributed by atoms with Crippen molar-refractivity contribution in [3.8, 4) is 0 Å².